The predicted molar refractivity (Wildman–Crippen MR) is 136 cm³/mol. The molecule has 3 aromatic carbocycles. The van der Waals surface area contributed by atoms with E-state index in [9.17, 15) is 5.11 Å². The van der Waals surface area contributed by atoms with Gasteiger partial charge in [-0.1, -0.05) is 83.0 Å². The number of hydrogen-bond donors (Lipinski definition) is 1. The van der Waals surface area contributed by atoms with Gasteiger partial charge >= 0.3 is 0 Å². The van der Waals surface area contributed by atoms with Gasteiger partial charge in [-0.05, 0) is 41.0 Å². The Morgan fingerprint density at radius 1 is 0.971 bits per heavy atom. The average Bonchev–Trinajstić information content (AvgIpc) is 3.28. The highest BCUT2D eigenvalue weighted by molar-refractivity contribution is 6.31. The van der Waals surface area contributed by atoms with Crippen LogP contribution < -0.4 is 0 Å². The van der Waals surface area contributed by atoms with Crippen molar-refractivity contribution in [2.75, 3.05) is 19.7 Å². The third-order valence-corrected chi connectivity index (χ3v) is 6.05. The van der Waals surface area contributed by atoms with Crippen LogP contribution in [0.3, 0.4) is 0 Å². The highest BCUT2D eigenvalue weighted by Crippen LogP contribution is 2.21. The third kappa shape index (κ3) is 7.55. The first-order chi connectivity index (χ1) is 16.5. The van der Waals surface area contributed by atoms with Crippen molar-refractivity contribution in [3.63, 3.8) is 0 Å². The number of hydrogen-bond acceptors (Lipinski definition) is 5. The molecule has 5 nitrogen and oxygen atoms in total. The number of aliphatic hydroxyl groups excluding tert-OH is 1. The summed E-state index contributed by atoms with van der Waals surface area (Å²) in [5.74, 6) is 0. The van der Waals surface area contributed by atoms with Crippen molar-refractivity contribution < 1.29 is 14.7 Å². The number of nitrogens with zero attached hydrogens (tertiary/aromatic N) is 2. The van der Waals surface area contributed by atoms with Crippen molar-refractivity contribution in [3.05, 3.63) is 106 Å². The Bertz CT molecular complexity index is 1080. The fraction of sp³-hybridized carbons (Fsp3) is 0.296. The van der Waals surface area contributed by atoms with Crippen LogP contribution in [0.1, 0.15) is 23.1 Å². The van der Waals surface area contributed by atoms with Gasteiger partial charge in [-0.2, -0.15) is 0 Å². The van der Waals surface area contributed by atoms with Crippen molar-refractivity contribution >= 4 is 28.9 Å². The summed E-state index contributed by atoms with van der Waals surface area (Å²) in [5.41, 5.74) is 4.05. The van der Waals surface area contributed by atoms with E-state index in [4.69, 9.17) is 32.8 Å². The van der Waals surface area contributed by atoms with Crippen LogP contribution in [0, 0.1) is 0 Å². The van der Waals surface area contributed by atoms with Crippen LogP contribution in [-0.4, -0.2) is 47.6 Å². The summed E-state index contributed by atoms with van der Waals surface area (Å²) in [6.45, 7) is 2.40. The monoisotopic (exact) mass is 498 g/mol. The van der Waals surface area contributed by atoms with Crippen LogP contribution in [-0.2, 0) is 22.7 Å². The molecular formula is C27H28Cl2N2O3. The molecule has 0 saturated carbocycles. The summed E-state index contributed by atoms with van der Waals surface area (Å²) in [5, 5.41) is 16.4. The Kier molecular flexibility index (Phi) is 8.97. The summed E-state index contributed by atoms with van der Waals surface area (Å²) in [6.07, 6.45) is -0.0582. The summed E-state index contributed by atoms with van der Waals surface area (Å²) in [4.78, 5) is 7.90. The fourth-order valence-electron chi connectivity index (χ4n) is 3.96. The van der Waals surface area contributed by atoms with Crippen LogP contribution in [0.15, 0.2) is 84.0 Å². The lowest BCUT2D eigenvalue weighted by molar-refractivity contribution is -0.00648. The standard InChI is InChI=1S/C27H28Cl2N2O3/c28-23-11-9-22(10-12-23)27-14-26(34-30-27)17-31(15-21-7-4-8-24(29)13-21)16-25(32)19-33-18-20-5-2-1-3-6-20/h1-13,25-26,32H,14-19H2/t25-,26-/m0/s1. The first-order valence-corrected chi connectivity index (χ1v) is 12.1. The molecule has 0 saturated heterocycles. The zero-order chi connectivity index (χ0) is 23.8. The molecule has 1 aliphatic rings. The summed E-state index contributed by atoms with van der Waals surface area (Å²) < 4.78 is 5.74. The third-order valence-electron chi connectivity index (χ3n) is 5.56. The maximum Gasteiger partial charge on any atom is 0.145 e. The molecule has 0 fully saturated rings. The van der Waals surface area contributed by atoms with Gasteiger partial charge in [0, 0.05) is 36.1 Å². The van der Waals surface area contributed by atoms with Crippen molar-refractivity contribution in [1.82, 2.24) is 4.90 Å². The molecule has 178 valence electrons. The zero-order valence-electron chi connectivity index (χ0n) is 18.8. The molecule has 0 amide bonds. The molecule has 3 aromatic rings. The van der Waals surface area contributed by atoms with Crippen LogP contribution in [0.25, 0.3) is 0 Å². The second-order valence-corrected chi connectivity index (χ2v) is 9.33. The zero-order valence-corrected chi connectivity index (χ0v) is 20.3. The first-order valence-electron chi connectivity index (χ1n) is 11.3. The maximum atomic E-state index is 10.7. The van der Waals surface area contributed by atoms with E-state index >= 15 is 0 Å². The average molecular weight is 499 g/mol. The van der Waals surface area contributed by atoms with Gasteiger partial charge in [-0.25, -0.2) is 0 Å². The molecule has 1 aliphatic heterocycles. The van der Waals surface area contributed by atoms with Crippen LogP contribution in [0.4, 0.5) is 0 Å². The van der Waals surface area contributed by atoms with E-state index in [0.717, 1.165) is 22.4 Å². The van der Waals surface area contributed by atoms with Gasteiger partial charge in [-0.3, -0.25) is 4.90 Å². The predicted octanol–water partition coefficient (Wildman–Crippen LogP) is 5.57. The van der Waals surface area contributed by atoms with E-state index in [-0.39, 0.29) is 12.7 Å². The molecule has 2 atom stereocenters. The van der Waals surface area contributed by atoms with E-state index in [1.807, 2.05) is 78.9 Å². The van der Waals surface area contributed by atoms with Gasteiger partial charge in [0.05, 0.1) is 25.0 Å². The minimum atomic E-state index is -0.638. The molecule has 1 N–H and O–H groups in total. The highest BCUT2D eigenvalue weighted by atomic mass is 35.5. The second-order valence-electron chi connectivity index (χ2n) is 8.45. The lowest BCUT2D eigenvalue weighted by atomic mass is 10.0. The molecular weight excluding hydrogens is 471 g/mol. The van der Waals surface area contributed by atoms with Gasteiger partial charge in [-0.15, -0.1) is 0 Å². The summed E-state index contributed by atoms with van der Waals surface area (Å²) in [7, 11) is 0. The van der Waals surface area contributed by atoms with Gasteiger partial charge in [0.2, 0.25) is 0 Å². The summed E-state index contributed by atoms with van der Waals surface area (Å²) >= 11 is 12.2. The number of benzene rings is 3. The van der Waals surface area contributed by atoms with Crippen LogP contribution in [0.2, 0.25) is 10.0 Å². The number of ether oxygens (including phenoxy) is 1. The van der Waals surface area contributed by atoms with Gasteiger partial charge in [0.15, 0.2) is 0 Å². The quantitative estimate of drug-likeness (QED) is 0.375. The molecule has 7 heteroatoms. The van der Waals surface area contributed by atoms with E-state index in [1.54, 1.807) is 0 Å². The molecule has 0 aromatic heterocycles. The van der Waals surface area contributed by atoms with E-state index in [0.29, 0.717) is 42.7 Å². The normalized spacial score (nSPS) is 16.4. The molecule has 4 rings (SSSR count). The lowest BCUT2D eigenvalue weighted by Gasteiger charge is -2.27. The summed E-state index contributed by atoms with van der Waals surface area (Å²) in [6, 6.07) is 25.3. The number of rotatable bonds is 11. The second kappa shape index (κ2) is 12.3. The van der Waals surface area contributed by atoms with E-state index in [1.165, 1.54) is 0 Å². The number of oxime groups is 1. The Labute approximate surface area is 210 Å². The SMILES string of the molecule is O[C@H](COCc1ccccc1)CN(Cc1cccc(Cl)c1)C[C@@H]1CC(c2ccc(Cl)cc2)=NO1. The topological polar surface area (TPSA) is 54.3 Å². The fourth-order valence-corrected chi connectivity index (χ4v) is 4.30. The smallest absolute Gasteiger partial charge is 0.145 e. The van der Waals surface area contributed by atoms with Crippen molar-refractivity contribution in [1.29, 1.82) is 0 Å². The highest BCUT2D eigenvalue weighted by Gasteiger charge is 2.26. The van der Waals surface area contributed by atoms with E-state index < -0.39 is 6.10 Å². The Morgan fingerprint density at radius 3 is 2.50 bits per heavy atom. The van der Waals surface area contributed by atoms with Gasteiger partial charge < -0.3 is 14.7 Å². The van der Waals surface area contributed by atoms with Crippen molar-refractivity contribution in [2.24, 2.45) is 5.16 Å². The van der Waals surface area contributed by atoms with Crippen molar-refractivity contribution in [3.8, 4) is 0 Å². The maximum absolute atomic E-state index is 10.7. The van der Waals surface area contributed by atoms with Crippen LogP contribution >= 0.6 is 23.2 Å². The molecule has 0 radical (unpaired) electrons. The molecule has 1 heterocycles. The minimum Gasteiger partial charge on any atom is -0.390 e. The molecule has 0 spiro atoms. The van der Waals surface area contributed by atoms with Crippen molar-refractivity contribution in [2.45, 2.75) is 31.8 Å². The molecule has 0 aliphatic carbocycles. The molecule has 34 heavy (non-hydrogen) atoms. The molecule has 0 unspecified atom stereocenters. The van der Waals surface area contributed by atoms with Gasteiger partial charge in [0.1, 0.15) is 6.10 Å². The largest absolute Gasteiger partial charge is 0.390 e. The Hall–Kier alpha value is -2.41. The number of halogens is 2. The van der Waals surface area contributed by atoms with Gasteiger partial charge in [0.25, 0.3) is 0 Å². The Balaban J connectivity index is 1.34. The van der Waals surface area contributed by atoms with E-state index in [2.05, 4.69) is 10.1 Å². The lowest BCUT2D eigenvalue weighted by Crippen LogP contribution is -2.39. The minimum absolute atomic E-state index is 0.109. The first kappa shape index (κ1) is 24.7. The van der Waals surface area contributed by atoms with Crippen LogP contribution in [0.5, 0.6) is 0 Å². The molecule has 0 bridgehead atoms. The number of aliphatic hydroxyl groups is 1. The Morgan fingerprint density at radius 2 is 1.74 bits per heavy atom.